The largest absolute Gasteiger partial charge is 0.394 e. The summed E-state index contributed by atoms with van der Waals surface area (Å²) in [7, 11) is 0. The summed E-state index contributed by atoms with van der Waals surface area (Å²) in [6.07, 6.45) is -2.43. The van der Waals surface area contributed by atoms with E-state index in [1.165, 1.54) is 19.2 Å². The van der Waals surface area contributed by atoms with Crippen LogP contribution in [0.2, 0.25) is 0 Å². The van der Waals surface area contributed by atoms with E-state index in [4.69, 9.17) is 15.3 Å². The molecular weight excluding hydrogens is 348 g/mol. The van der Waals surface area contributed by atoms with Gasteiger partial charge in [0.15, 0.2) is 12.0 Å². The van der Waals surface area contributed by atoms with Crippen LogP contribution in [0.3, 0.4) is 0 Å². The first-order valence-corrected chi connectivity index (χ1v) is 8.07. The van der Waals surface area contributed by atoms with E-state index in [0.29, 0.717) is 0 Å². The number of nitrogens with zero attached hydrogens (tertiary/aromatic N) is 2. The Balaban J connectivity index is 2.13. The summed E-state index contributed by atoms with van der Waals surface area (Å²) in [5, 5.41) is 29.6. The van der Waals surface area contributed by atoms with Gasteiger partial charge in [0.1, 0.15) is 23.9 Å². The van der Waals surface area contributed by atoms with E-state index in [1.807, 2.05) is 0 Å². The molecular formula is C15H24N4O7. The van der Waals surface area contributed by atoms with Gasteiger partial charge in [0, 0.05) is 12.3 Å². The predicted octanol–water partition coefficient (Wildman–Crippen LogP) is -1.90. The maximum Gasteiger partial charge on any atom is 0.351 e. The van der Waals surface area contributed by atoms with Crippen molar-refractivity contribution in [3.63, 3.8) is 0 Å². The number of anilines is 1. The van der Waals surface area contributed by atoms with Crippen LogP contribution in [0, 0.1) is 5.92 Å². The summed E-state index contributed by atoms with van der Waals surface area (Å²) in [6, 6.07) is 0.481. The number of aliphatic hydroxyl groups excluding tert-OH is 2. The molecule has 0 saturated carbocycles. The number of hydrogen-bond acceptors (Lipinski definition) is 10. The number of nitrogens with two attached hydrogens (primary N) is 1. The molecule has 0 spiro atoms. The molecule has 0 amide bonds. The first-order chi connectivity index (χ1) is 12.1. The number of carbonyl (C=O) groups excluding carboxylic acids is 1. The Morgan fingerprint density at radius 3 is 2.73 bits per heavy atom. The van der Waals surface area contributed by atoms with Gasteiger partial charge < -0.3 is 30.6 Å². The molecule has 0 aliphatic carbocycles. The summed E-state index contributed by atoms with van der Waals surface area (Å²) in [5.41, 5.74) is 5.24. The fourth-order valence-corrected chi connectivity index (χ4v) is 2.48. The lowest BCUT2D eigenvalue weighted by Gasteiger charge is -2.27. The molecule has 2 rings (SSSR count). The van der Waals surface area contributed by atoms with Crippen molar-refractivity contribution in [2.45, 2.75) is 50.8 Å². The Hall–Kier alpha value is -2.05. The van der Waals surface area contributed by atoms with Gasteiger partial charge in [-0.1, -0.05) is 13.8 Å². The van der Waals surface area contributed by atoms with Crippen LogP contribution in [0.15, 0.2) is 17.1 Å². The molecule has 1 aliphatic rings. The van der Waals surface area contributed by atoms with Crippen LogP contribution in [0.5, 0.6) is 0 Å². The third kappa shape index (κ3) is 3.86. The van der Waals surface area contributed by atoms with E-state index < -0.39 is 48.3 Å². The molecule has 11 heteroatoms. The second-order valence-corrected chi connectivity index (χ2v) is 6.68. The van der Waals surface area contributed by atoms with E-state index in [0.717, 1.165) is 4.57 Å². The van der Waals surface area contributed by atoms with Gasteiger partial charge in [-0.25, -0.2) is 15.1 Å². The molecule has 1 aliphatic heterocycles. The zero-order valence-electron chi connectivity index (χ0n) is 14.7. The molecule has 2 heterocycles. The standard InChI is InChI=1S/C15H24N4O7/c1-7(2)10(16)12(22)26-18-9-4-5-19(14(23)17-9)13-15(3,24)11(21)8(6-20)25-13/h4-5,7-8,10-11,13,20-21,24H,6,16H2,1-3H3,(H,17,18,23)/t8-,10+,11?,13-,15-/m1/s1. The number of aromatic nitrogens is 2. The average Bonchev–Trinajstić information content (AvgIpc) is 2.82. The first-order valence-electron chi connectivity index (χ1n) is 8.07. The fraction of sp³-hybridized carbons (Fsp3) is 0.667. The van der Waals surface area contributed by atoms with Crippen LogP contribution in [-0.2, 0) is 14.4 Å². The molecule has 146 valence electrons. The molecule has 1 saturated heterocycles. The minimum absolute atomic E-state index is 0.0487. The highest BCUT2D eigenvalue weighted by atomic mass is 16.7. The van der Waals surface area contributed by atoms with Crippen molar-refractivity contribution in [1.82, 2.24) is 9.55 Å². The maximum absolute atomic E-state index is 12.2. The van der Waals surface area contributed by atoms with E-state index in [1.54, 1.807) is 13.8 Å². The van der Waals surface area contributed by atoms with Crippen molar-refractivity contribution in [2.75, 3.05) is 12.1 Å². The predicted molar refractivity (Wildman–Crippen MR) is 88.7 cm³/mol. The molecule has 1 aromatic rings. The molecule has 11 nitrogen and oxygen atoms in total. The van der Waals surface area contributed by atoms with Gasteiger partial charge in [0.2, 0.25) is 0 Å². The second-order valence-electron chi connectivity index (χ2n) is 6.68. The van der Waals surface area contributed by atoms with Gasteiger partial charge in [-0.05, 0) is 12.8 Å². The Morgan fingerprint density at radius 1 is 1.58 bits per heavy atom. The topological polar surface area (TPSA) is 169 Å². The number of hydrogen-bond donors (Lipinski definition) is 5. The maximum atomic E-state index is 12.2. The minimum atomic E-state index is -1.82. The van der Waals surface area contributed by atoms with E-state index in [-0.39, 0.29) is 11.7 Å². The number of ether oxygens (including phenoxy) is 1. The van der Waals surface area contributed by atoms with Gasteiger partial charge in [-0.2, -0.15) is 4.98 Å². The summed E-state index contributed by atoms with van der Waals surface area (Å²) in [4.78, 5) is 32.4. The third-order valence-electron chi connectivity index (χ3n) is 4.26. The van der Waals surface area contributed by atoms with Crippen molar-refractivity contribution in [2.24, 2.45) is 11.7 Å². The van der Waals surface area contributed by atoms with Gasteiger partial charge in [0.05, 0.1) is 6.61 Å². The molecule has 1 aromatic heterocycles. The van der Waals surface area contributed by atoms with Crippen molar-refractivity contribution in [1.29, 1.82) is 0 Å². The number of rotatable bonds is 6. The minimum Gasteiger partial charge on any atom is -0.394 e. The van der Waals surface area contributed by atoms with Crippen molar-refractivity contribution in [3.8, 4) is 0 Å². The molecule has 1 unspecified atom stereocenters. The van der Waals surface area contributed by atoms with Crippen LogP contribution in [0.25, 0.3) is 0 Å². The Morgan fingerprint density at radius 2 is 2.23 bits per heavy atom. The van der Waals surface area contributed by atoms with Crippen LogP contribution in [-0.4, -0.2) is 61.3 Å². The lowest BCUT2D eigenvalue weighted by atomic mass is 9.96. The fourth-order valence-electron chi connectivity index (χ4n) is 2.48. The number of nitrogens with one attached hydrogen (secondary N) is 1. The SMILES string of the molecule is CC(C)[C@H](N)C(=O)ONc1ccn([C@@H]2O[C@H](CO)C(O)[C@@]2(C)O)c(=O)n1. The molecule has 6 N–H and O–H groups in total. The Kier molecular flexibility index (Phi) is 5.98. The second kappa shape index (κ2) is 7.68. The van der Waals surface area contributed by atoms with Crippen LogP contribution < -0.4 is 16.9 Å². The monoisotopic (exact) mass is 372 g/mol. The molecule has 0 bridgehead atoms. The van der Waals surface area contributed by atoms with Gasteiger partial charge >= 0.3 is 11.7 Å². The molecule has 0 aromatic carbocycles. The highest BCUT2D eigenvalue weighted by Crippen LogP contribution is 2.37. The van der Waals surface area contributed by atoms with Gasteiger partial charge in [-0.3, -0.25) is 4.57 Å². The van der Waals surface area contributed by atoms with Crippen LogP contribution in [0.4, 0.5) is 5.82 Å². The summed E-state index contributed by atoms with van der Waals surface area (Å²) in [6.45, 7) is 4.27. The summed E-state index contributed by atoms with van der Waals surface area (Å²) < 4.78 is 6.32. The normalized spacial score (nSPS) is 29.6. The van der Waals surface area contributed by atoms with E-state index in [9.17, 15) is 24.9 Å². The lowest BCUT2D eigenvalue weighted by molar-refractivity contribution is -0.143. The molecule has 1 fully saturated rings. The average molecular weight is 372 g/mol. The molecule has 5 atom stereocenters. The zero-order chi connectivity index (χ0) is 19.6. The van der Waals surface area contributed by atoms with Crippen molar-refractivity contribution < 1.29 is 29.7 Å². The van der Waals surface area contributed by atoms with Gasteiger partial charge in [-0.15, -0.1) is 0 Å². The number of aliphatic hydroxyl groups is 3. The summed E-state index contributed by atoms with van der Waals surface area (Å²) >= 11 is 0. The van der Waals surface area contributed by atoms with E-state index >= 15 is 0 Å². The highest BCUT2D eigenvalue weighted by molar-refractivity contribution is 5.76. The van der Waals surface area contributed by atoms with Crippen molar-refractivity contribution >= 4 is 11.8 Å². The van der Waals surface area contributed by atoms with Crippen molar-refractivity contribution in [3.05, 3.63) is 22.7 Å². The van der Waals surface area contributed by atoms with Gasteiger partial charge in [0.25, 0.3) is 0 Å². The molecule has 0 radical (unpaired) electrons. The lowest BCUT2D eigenvalue weighted by Crippen LogP contribution is -2.46. The highest BCUT2D eigenvalue weighted by Gasteiger charge is 2.53. The first kappa shape index (κ1) is 20.3. The smallest absolute Gasteiger partial charge is 0.351 e. The third-order valence-corrected chi connectivity index (χ3v) is 4.26. The summed E-state index contributed by atoms with van der Waals surface area (Å²) in [5.74, 6) is -0.882. The zero-order valence-corrected chi connectivity index (χ0v) is 14.7. The van der Waals surface area contributed by atoms with Crippen LogP contribution in [0.1, 0.15) is 27.0 Å². The van der Waals surface area contributed by atoms with Crippen LogP contribution >= 0.6 is 0 Å². The quantitative estimate of drug-likeness (QED) is 0.355. The Bertz CT molecular complexity index is 705. The number of carbonyl (C=O) groups is 1. The van der Waals surface area contributed by atoms with E-state index in [2.05, 4.69) is 10.5 Å². The Labute approximate surface area is 149 Å². The molecule has 26 heavy (non-hydrogen) atoms.